The Balaban J connectivity index is 1.70. The van der Waals surface area contributed by atoms with E-state index in [4.69, 9.17) is 5.73 Å². The predicted molar refractivity (Wildman–Crippen MR) is 81.4 cm³/mol. The van der Waals surface area contributed by atoms with Crippen LogP contribution in [0, 0.1) is 0 Å². The molecular formula is C16H23N3O2. The minimum Gasteiger partial charge on any atom is -0.352 e. The van der Waals surface area contributed by atoms with Crippen LogP contribution in [-0.2, 0) is 9.59 Å². The fourth-order valence-electron chi connectivity index (χ4n) is 2.09. The zero-order valence-electron chi connectivity index (χ0n) is 12.3. The third-order valence-electron chi connectivity index (χ3n) is 3.60. The lowest BCUT2D eigenvalue weighted by molar-refractivity contribution is -0.128. The van der Waals surface area contributed by atoms with Crippen LogP contribution in [0.15, 0.2) is 30.3 Å². The van der Waals surface area contributed by atoms with E-state index in [9.17, 15) is 9.59 Å². The molecule has 0 spiro atoms. The minimum atomic E-state index is -0.494. The number of nitrogens with one attached hydrogen (secondary N) is 2. The SMILES string of the molecule is CC(NC(=O)CCC(N)c1ccccc1)C(=O)NC1CC1. The van der Waals surface area contributed by atoms with Crippen LogP contribution in [0.2, 0.25) is 0 Å². The van der Waals surface area contributed by atoms with Crippen LogP contribution in [-0.4, -0.2) is 23.9 Å². The molecule has 1 aromatic carbocycles. The van der Waals surface area contributed by atoms with Gasteiger partial charge in [0.25, 0.3) is 0 Å². The first-order valence-corrected chi connectivity index (χ1v) is 7.46. The van der Waals surface area contributed by atoms with E-state index >= 15 is 0 Å². The summed E-state index contributed by atoms with van der Waals surface area (Å²) in [5.41, 5.74) is 7.07. The molecule has 5 nitrogen and oxygen atoms in total. The molecule has 2 amide bonds. The molecule has 2 atom stereocenters. The van der Waals surface area contributed by atoms with Gasteiger partial charge in [0, 0.05) is 18.5 Å². The Hall–Kier alpha value is -1.88. The number of hydrogen-bond acceptors (Lipinski definition) is 3. The van der Waals surface area contributed by atoms with E-state index in [1.165, 1.54) is 0 Å². The topological polar surface area (TPSA) is 84.2 Å². The van der Waals surface area contributed by atoms with Gasteiger partial charge in [-0.1, -0.05) is 30.3 Å². The summed E-state index contributed by atoms with van der Waals surface area (Å²) in [5.74, 6) is -0.252. The number of carbonyl (C=O) groups is 2. The molecule has 0 radical (unpaired) electrons. The van der Waals surface area contributed by atoms with Crippen molar-refractivity contribution >= 4 is 11.8 Å². The number of benzene rings is 1. The molecule has 4 N–H and O–H groups in total. The first kappa shape index (κ1) is 15.5. The number of hydrogen-bond donors (Lipinski definition) is 3. The standard InChI is InChI=1S/C16H23N3O2/c1-11(16(21)19-13-7-8-13)18-15(20)10-9-14(17)12-5-3-2-4-6-12/h2-6,11,13-14H,7-10,17H2,1H3,(H,18,20)(H,19,21). The number of nitrogens with two attached hydrogens (primary N) is 1. The zero-order valence-corrected chi connectivity index (χ0v) is 12.3. The fraction of sp³-hybridized carbons (Fsp3) is 0.500. The second-order valence-corrected chi connectivity index (χ2v) is 5.63. The van der Waals surface area contributed by atoms with Gasteiger partial charge in [-0.15, -0.1) is 0 Å². The summed E-state index contributed by atoms with van der Waals surface area (Å²) in [6.07, 6.45) is 2.96. The smallest absolute Gasteiger partial charge is 0.242 e. The maximum Gasteiger partial charge on any atom is 0.242 e. The Morgan fingerprint density at radius 3 is 2.57 bits per heavy atom. The summed E-state index contributed by atoms with van der Waals surface area (Å²) >= 11 is 0. The second-order valence-electron chi connectivity index (χ2n) is 5.63. The third-order valence-corrected chi connectivity index (χ3v) is 3.60. The molecule has 0 saturated heterocycles. The number of rotatable bonds is 7. The average molecular weight is 289 g/mol. The first-order valence-electron chi connectivity index (χ1n) is 7.46. The van der Waals surface area contributed by atoms with Crippen LogP contribution in [0.4, 0.5) is 0 Å². The summed E-state index contributed by atoms with van der Waals surface area (Å²) in [6, 6.07) is 9.35. The van der Waals surface area contributed by atoms with Gasteiger partial charge < -0.3 is 16.4 Å². The Morgan fingerprint density at radius 2 is 1.95 bits per heavy atom. The van der Waals surface area contributed by atoms with Gasteiger partial charge in [0.1, 0.15) is 6.04 Å². The van der Waals surface area contributed by atoms with E-state index in [0.717, 1.165) is 18.4 Å². The zero-order chi connectivity index (χ0) is 15.2. The summed E-state index contributed by atoms with van der Waals surface area (Å²) in [7, 11) is 0. The monoisotopic (exact) mass is 289 g/mol. The average Bonchev–Trinajstić information content (AvgIpc) is 3.29. The Labute approximate surface area is 125 Å². The summed E-state index contributed by atoms with van der Waals surface area (Å²) in [5, 5.41) is 5.58. The van der Waals surface area contributed by atoms with Crippen molar-refractivity contribution in [3.05, 3.63) is 35.9 Å². The molecule has 114 valence electrons. The molecule has 1 aliphatic carbocycles. The normalized spacial score (nSPS) is 16.9. The highest BCUT2D eigenvalue weighted by Crippen LogP contribution is 2.18. The fourth-order valence-corrected chi connectivity index (χ4v) is 2.09. The van der Waals surface area contributed by atoms with Crippen molar-refractivity contribution in [1.82, 2.24) is 10.6 Å². The van der Waals surface area contributed by atoms with Crippen molar-refractivity contribution in [3.8, 4) is 0 Å². The maximum absolute atomic E-state index is 11.8. The highest BCUT2D eigenvalue weighted by Gasteiger charge is 2.26. The molecule has 0 heterocycles. The van der Waals surface area contributed by atoms with Gasteiger partial charge in [-0.25, -0.2) is 0 Å². The lowest BCUT2D eigenvalue weighted by Crippen LogP contribution is -2.45. The largest absolute Gasteiger partial charge is 0.352 e. The van der Waals surface area contributed by atoms with Crippen molar-refractivity contribution in [2.45, 2.75) is 50.7 Å². The molecule has 1 aromatic rings. The highest BCUT2D eigenvalue weighted by atomic mass is 16.2. The molecule has 0 bridgehead atoms. The van der Waals surface area contributed by atoms with Crippen molar-refractivity contribution in [1.29, 1.82) is 0 Å². The van der Waals surface area contributed by atoms with Gasteiger partial charge >= 0.3 is 0 Å². The predicted octanol–water partition coefficient (Wildman–Crippen LogP) is 1.25. The van der Waals surface area contributed by atoms with Crippen molar-refractivity contribution < 1.29 is 9.59 Å². The molecule has 21 heavy (non-hydrogen) atoms. The number of carbonyl (C=O) groups excluding carboxylic acids is 2. The minimum absolute atomic E-state index is 0.113. The molecule has 1 saturated carbocycles. The van der Waals surface area contributed by atoms with E-state index < -0.39 is 6.04 Å². The van der Waals surface area contributed by atoms with Gasteiger partial charge in [0.15, 0.2) is 0 Å². The molecule has 0 aromatic heterocycles. The van der Waals surface area contributed by atoms with Crippen LogP contribution in [0.1, 0.15) is 44.2 Å². The molecule has 2 unspecified atom stereocenters. The second kappa shape index (κ2) is 7.22. The lowest BCUT2D eigenvalue weighted by atomic mass is 10.0. The van der Waals surface area contributed by atoms with Gasteiger partial charge in [-0.05, 0) is 31.7 Å². The number of amides is 2. The van der Waals surface area contributed by atoms with Crippen LogP contribution < -0.4 is 16.4 Å². The van der Waals surface area contributed by atoms with Crippen molar-refractivity contribution in [3.63, 3.8) is 0 Å². The molecular weight excluding hydrogens is 266 g/mol. The van der Waals surface area contributed by atoms with E-state index in [-0.39, 0.29) is 17.9 Å². The summed E-state index contributed by atoms with van der Waals surface area (Å²) < 4.78 is 0. The van der Waals surface area contributed by atoms with Gasteiger partial charge in [-0.2, -0.15) is 0 Å². The quantitative estimate of drug-likeness (QED) is 0.706. The Bertz CT molecular complexity index is 486. The summed E-state index contributed by atoms with van der Waals surface area (Å²) in [6.45, 7) is 1.70. The molecule has 0 aliphatic heterocycles. The first-order chi connectivity index (χ1) is 10.1. The van der Waals surface area contributed by atoms with Crippen LogP contribution in [0.25, 0.3) is 0 Å². The van der Waals surface area contributed by atoms with E-state index in [0.29, 0.717) is 18.9 Å². The van der Waals surface area contributed by atoms with Crippen LogP contribution in [0.3, 0.4) is 0 Å². The van der Waals surface area contributed by atoms with E-state index in [2.05, 4.69) is 10.6 Å². The van der Waals surface area contributed by atoms with E-state index in [1.807, 2.05) is 30.3 Å². The van der Waals surface area contributed by atoms with Gasteiger partial charge in [0.2, 0.25) is 11.8 Å². The molecule has 1 aliphatic rings. The highest BCUT2D eigenvalue weighted by molar-refractivity contribution is 5.87. The molecule has 2 rings (SSSR count). The van der Waals surface area contributed by atoms with Gasteiger partial charge in [0.05, 0.1) is 0 Å². The molecule has 1 fully saturated rings. The van der Waals surface area contributed by atoms with Crippen LogP contribution in [0.5, 0.6) is 0 Å². The van der Waals surface area contributed by atoms with Crippen LogP contribution >= 0.6 is 0 Å². The van der Waals surface area contributed by atoms with Crippen molar-refractivity contribution in [2.75, 3.05) is 0 Å². The molecule has 5 heteroatoms. The third kappa shape index (κ3) is 5.19. The van der Waals surface area contributed by atoms with Gasteiger partial charge in [-0.3, -0.25) is 9.59 Å². The lowest BCUT2D eigenvalue weighted by Gasteiger charge is -2.15. The van der Waals surface area contributed by atoms with E-state index in [1.54, 1.807) is 6.92 Å². The summed E-state index contributed by atoms with van der Waals surface area (Å²) in [4.78, 5) is 23.6. The van der Waals surface area contributed by atoms with Crippen molar-refractivity contribution in [2.24, 2.45) is 5.73 Å². The Morgan fingerprint density at radius 1 is 1.29 bits per heavy atom. The Kier molecular flexibility index (Phi) is 5.33. The maximum atomic E-state index is 11.8.